The number of nitrogens with zero attached hydrogens (tertiary/aromatic N) is 2. The summed E-state index contributed by atoms with van der Waals surface area (Å²) in [6, 6.07) is 4.88. The van der Waals surface area contributed by atoms with E-state index in [4.69, 9.17) is 10.00 Å². The molecule has 5 heteroatoms. The Morgan fingerprint density at radius 2 is 2.25 bits per heavy atom. The number of carbonyl (C=O) groups excluding carboxylic acids is 1. The molecule has 0 fully saturated rings. The van der Waals surface area contributed by atoms with Crippen LogP contribution in [-0.2, 0) is 0 Å². The van der Waals surface area contributed by atoms with Crippen molar-refractivity contribution in [2.45, 2.75) is 26.3 Å². The maximum absolute atomic E-state index is 11.4. The standard InChI is InChI=1S/C11H13N3O2/c1-11(2,3)14-10(15)16-9-6-8(7-12)4-5-13-9/h4-6H,1-3H3,(H,14,15). The SMILES string of the molecule is CC(C)(C)NC(=O)Oc1cc(C#N)ccn1. The van der Waals surface area contributed by atoms with Crippen LogP contribution < -0.4 is 10.1 Å². The van der Waals surface area contributed by atoms with Gasteiger partial charge in [0.2, 0.25) is 5.88 Å². The van der Waals surface area contributed by atoms with E-state index in [0.717, 1.165) is 0 Å². The van der Waals surface area contributed by atoms with Crippen LogP contribution in [0.25, 0.3) is 0 Å². The number of carbonyl (C=O) groups is 1. The summed E-state index contributed by atoms with van der Waals surface area (Å²) in [5, 5.41) is 11.3. The van der Waals surface area contributed by atoms with Crippen LogP contribution in [0, 0.1) is 11.3 Å². The summed E-state index contributed by atoms with van der Waals surface area (Å²) in [7, 11) is 0. The van der Waals surface area contributed by atoms with Crippen molar-refractivity contribution < 1.29 is 9.53 Å². The summed E-state index contributed by atoms with van der Waals surface area (Å²) < 4.78 is 4.92. The Balaban J connectivity index is 2.67. The fourth-order valence-electron chi connectivity index (χ4n) is 0.961. The molecule has 1 amide bonds. The molecular formula is C11H13N3O2. The van der Waals surface area contributed by atoms with Gasteiger partial charge in [0.15, 0.2) is 0 Å². The number of ether oxygens (including phenoxy) is 1. The smallest absolute Gasteiger partial charge is 0.391 e. The van der Waals surface area contributed by atoms with E-state index < -0.39 is 6.09 Å². The Morgan fingerprint density at radius 1 is 1.56 bits per heavy atom. The number of hydrogen-bond donors (Lipinski definition) is 1. The van der Waals surface area contributed by atoms with Crippen molar-refractivity contribution in [1.29, 1.82) is 5.26 Å². The molecule has 0 atom stereocenters. The lowest BCUT2D eigenvalue weighted by molar-refractivity contribution is 0.189. The minimum absolute atomic E-state index is 0.112. The quantitative estimate of drug-likeness (QED) is 0.782. The fourth-order valence-corrected chi connectivity index (χ4v) is 0.961. The van der Waals surface area contributed by atoms with Crippen molar-refractivity contribution in [3.63, 3.8) is 0 Å². The highest BCUT2D eigenvalue weighted by Crippen LogP contribution is 2.09. The lowest BCUT2D eigenvalue weighted by Crippen LogP contribution is -2.42. The van der Waals surface area contributed by atoms with Crippen LogP contribution in [0.4, 0.5) is 4.79 Å². The Bertz CT molecular complexity index is 430. The fraction of sp³-hybridized carbons (Fsp3) is 0.364. The highest BCUT2D eigenvalue weighted by atomic mass is 16.6. The molecule has 1 aromatic heterocycles. The van der Waals surface area contributed by atoms with Gasteiger partial charge in [0, 0.05) is 17.8 Å². The van der Waals surface area contributed by atoms with Gasteiger partial charge in [-0.2, -0.15) is 5.26 Å². The molecule has 0 aromatic carbocycles. The molecule has 0 unspecified atom stereocenters. The molecule has 0 spiro atoms. The number of pyridine rings is 1. The number of aromatic nitrogens is 1. The Kier molecular flexibility index (Phi) is 3.46. The Hall–Kier alpha value is -2.09. The molecular weight excluding hydrogens is 206 g/mol. The Morgan fingerprint density at radius 3 is 2.81 bits per heavy atom. The van der Waals surface area contributed by atoms with E-state index in [1.807, 2.05) is 26.8 Å². The van der Waals surface area contributed by atoms with E-state index in [2.05, 4.69) is 10.3 Å². The molecule has 1 heterocycles. The first kappa shape index (κ1) is 12.0. The van der Waals surface area contributed by atoms with E-state index in [-0.39, 0.29) is 11.4 Å². The second kappa shape index (κ2) is 4.62. The van der Waals surface area contributed by atoms with Gasteiger partial charge < -0.3 is 10.1 Å². The average Bonchev–Trinajstić information content (AvgIpc) is 2.15. The van der Waals surface area contributed by atoms with Crippen LogP contribution >= 0.6 is 0 Å². The van der Waals surface area contributed by atoms with Crippen molar-refractivity contribution in [2.24, 2.45) is 0 Å². The zero-order valence-electron chi connectivity index (χ0n) is 9.44. The van der Waals surface area contributed by atoms with Crippen molar-refractivity contribution in [2.75, 3.05) is 0 Å². The van der Waals surface area contributed by atoms with Crippen molar-refractivity contribution >= 4 is 6.09 Å². The lowest BCUT2D eigenvalue weighted by Gasteiger charge is -2.19. The third kappa shape index (κ3) is 3.96. The topological polar surface area (TPSA) is 75.0 Å². The Labute approximate surface area is 94.1 Å². The van der Waals surface area contributed by atoms with Crippen molar-refractivity contribution in [1.82, 2.24) is 10.3 Å². The van der Waals surface area contributed by atoms with E-state index in [1.54, 1.807) is 0 Å². The normalized spacial score (nSPS) is 10.4. The minimum Gasteiger partial charge on any atom is -0.391 e. The molecule has 1 aromatic rings. The van der Waals surface area contributed by atoms with E-state index in [1.165, 1.54) is 18.3 Å². The first-order valence-electron chi connectivity index (χ1n) is 4.77. The molecule has 0 saturated heterocycles. The molecule has 0 aliphatic heterocycles. The molecule has 0 aliphatic carbocycles. The molecule has 84 valence electrons. The lowest BCUT2D eigenvalue weighted by atomic mass is 10.1. The summed E-state index contributed by atoms with van der Waals surface area (Å²) in [4.78, 5) is 15.2. The zero-order valence-corrected chi connectivity index (χ0v) is 9.44. The van der Waals surface area contributed by atoms with Crippen molar-refractivity contribution in [3.8, 4) is 11.9 Å². The largest absolute Gasteiger partial charge is 0.414 e. The molecule has 0 aliphatic rings. The van der Waals surface area contributed by atoms with Gasteiger partial charge in [-0.1, -0.05) is 0 Å². The second-order valence-electron chi connectivity index (χ2n) is 4.26. The maximum atomic E-state index is 11.4. The maximum Gasteiger partial charge on any atom is 0.414 e. The van der Waals surface area contributed by atoms with Crippen LogP contribution in [0.3, 0.4) is 0 Å². The molecule has 5 nitrogen and oxygen atoms in total. The van der Waals surface area contributed by atoms with E-state index >= 15 is 0 Å². The first-order chi connectivity index (χ1) is 7.40. The number of amides is 1. The van der Waals surface area contributed by atoms with Gasteiger partial charge in [0.1, 0.15) is 0 Å². The molecule has 1 N–H and O–H groups in total. The van der Waals surface area contributed by atoms with Crippen molar-refractivity contribution in [3.05, 3.63) is 23.9 Å². The van der Waals surface area contributed by atoms with Crippen LogP contribution in [0.5, 0.6) is 5.88 Å². The van der Waals surface area contributed by atoms with Gasteiger partial charge in [-0.15, -0.1) is 0 Å². The van der Waals surface area contributed by atoms with Crippen LogP contribution in [0.1, 0.15) is 26.3 Å². The number of hydrogen-bond acceptors (Lipinski definition) is 4. The predicted octanol–water partition coefficient (Wildman–Crippen LogP) is 1.84. The average molecular weight is 219 g/mol. The molecule has 0 radical (unpaired) electrons. The molecule has 1 rings (SSSR count). The van der Waals surface area contributed by atoms with Gasteiger partial charge >= 0.3 is 6.09 Å². The monoisotopic (exact) mass is 219 g/mol. The van der Waals surface area contributed by atoms with Gasteiger partial charge in [0.05, 0.1) is 11.6 Å². The summed E-state index contributed by atoms with van der Waals surface area (Å²) in [6.07, 6.45) is 0.827. The summed E-state index contributed by atoms with van der Waals surface area (Å²) in [5.74, 6) is 0.112. The van der Waals surface area contributed by atoms with Gasteiger partial charge in [-0.05, 0) is 26.8 Å². The third-order valence-electron chi connectivity index (χ3n) is 1.54. The van der Waals surface area contributed by atoms with E-state index in [0.29, 0.717) is 5.56 Å². The highest BCUT2D eigenvalue weighted by molar-refractivity contribution is 5.70. The summed E-state index contributed by atoms with van der Waals surface area (Å²) >= 11 is 0. The number of nitriles is 1. The van der Waals surface area contributed by atoms with Gasteiger partial charge in [-0.25, -0.2) is 9.78 Å². The first-order valence-corrected chi connectivity index (χ1v) is 4.77. The van der Waals surface area contributed by atoms with Gasteiger partial charge in [-0.3, -0.25) is 0 Å². The molecule has 0 bridgehead atoms. The molecule has 0 saturated carbocycles. The minimum atomic E-state index is -0.588. The summed E-state index contributed by atoms with van der Waals surface area (Å²) in [6.45, 7) is 5.52. The third-order valence-corrected chi connectivity index (χ3v) is 1.54. The van der Waals surface area contributed by atoms with E-state index in [9.17, 15) is 4.79 Å². The van der Waals surface area contributed by atoms with Crippen LogP contribution in [-0.4, -0.2) is 16.6 Å². The second-order valence-corrected chi connectivity index (χ2v) is 4.26. The number of rotatable bonds is 1. The number of nitrogens with one attached hydrogen (secondary N) is 1. The van der Waals surface area contributed by atoms with Crippen LogP contribution in [0.2, 0.25) is 0 Å². The zero-order chi connectivity index (χ0) is 12.2. The molecule has 16 heavy (non-hydrogen) atoms. The highest BCUT2D eigenvalue weighted by Gasteiger charge is 2.15. The predicted molar refractivity (Wildman–Crippen MR) is 57.9 cm³/mol. The summed E-state index contributed by atoms with van der Waals surface area (Å²) in [5.41, 5.74) is 0.0257. The van der Waals surface area contributed by atoms with Crippen LogP contribution in [0.15, 0.2) is 18.3 Å². The van der Waals surface area contributed by atoms with Gasteiger partial charge in [0.25, 0.3) is 0 Å².